The molecule has 0 saturated carbocycles. The van der Waals surface area contributed by atoms with Gasteiger partial charge in [-0.2, -0.15) is 0 Å². The average molecular weight is 316 g/mol. The molecule has 1 aromatic carbocycles. The molecule has 114 valence electrons. The molecule has 22 heavy (non-hydrogen) atoms. The normalized spacial score (nSPS) is 14.0. The molecule has 2 aromatic rings. The quantitative estimate of drug-likeness (QED) is 0.940. The van der Waals surface area contributed by atoms with E-state index >= 15 is 0 Å². The van der Waals surface area contributed by atoms with Crippen LogP contribution >= 0.6 is 11.3 Å². The Bertz CT molecular complexity index is 670. The molecule has 0 spiro atoms. The van der Waals surface area contributed by atoms with E-state index in [0.717, 1.165) is 4.88 Å². The second-order valence-corrected chi connectivity index (χ2v) is 5.93. The number of thiophene rings is 1. The van der Waals surface area contributed by atoms with Crippen LogP contribution in [0.2, 0.25) is 0 Å². The largest absolute Gasteiger partial charge is 0.491 e. The minimum Gasteiger partial charge on any atom is -0.491 e. The third kappa shape index (κ3) is 3.28. The lowest BCUT2D eigenvalue weighted by Gasteiger charge is -2.21. The van der Waals surface area contributed by atoms with Crippen molar-refractivity contribution in [2.24, 2.45) is 0 Å². The molecule has 0 unspecified atom stereocenters. The summed E-state index contributed by atoms with van der Waals surface area (Å²) in [7, 11) is 0. The fraction of sp³-hybridized carbons (Fsp3) is 0.250. The molecule has 3 rings (SSSR count). The third-order valence-corrected chi connectivity index (χ3v) is 4.25. The van der Waals surface area contributed by atoms with Crippen molar-refractivity contribution >= 4 is 28.8 Å². The lowest BCUT2D eigenvalue weighted by molar-refractivity contribution is -0.124. The number of ether oxygens (including phenoxy) is 1. The zero-order valence-corrected chi connectivity index (χ0v) is 12.8. The van der Waals surface area contributed by atoms with Crippen molar-refractivity contribution < 1.29 is 14.3 Å². The van der Waals surface area contributed by atoms with Gasteiger partial charge in [-0.25, -0.2) is 0 Å². The van der Waals surface area contributed by atoms with E-state index in [0.29, 0.717) is 24.6 Å². The minimum absolute atomic E-state index is 0.00455. The number of carbonyl (C=O) groups excluding carboxylic acids is 2. The predicted molar refractivity (Wildman–Crippen MR) is 85.1 cm³/mol. The van der Waals surface area contributed by atoms with Gasteiger partial charge in [0, 0.05) is 4.88 Å². The first-order valence-corrected chi connectivity index (χ1v) is 7.93. The summed E-state index contributed by atoms with van der Waals surface area (Å²) in [5.41, 5.74) is 0.649. The third-order valence-electron chi connectivity index (χ3n) is 3.37. The van der Waals surface area contributed by atoms with Gasteiger partial charge in [0.15, 0.2) is 0 Å². The van der Waals surface area contributed by atoms with Crippen molar-refractivity contribution in [3.8, 4) is 5.75 Å². The smallest absolute Gasteiger partial charge is 0.240 e. The number of hydrogen-bond acceptors (Lipinski definition) is 4. The van der Waals surface area contributed by atoms with Crippen LogP contribution in [0, 0.1) is 0 Å². The molecular formula is C16H16N2O3S. The van der Waals surface area contributed by atoms with Gasteiger partial charge in [0.2, 0.25) is 11.8 Å². The zero-order chi connectivity index (χ0) is 15.4. The van der Waals surface area contributed by atoms with Crippen molar-refractivity contribution in [1.82, 2.24) is 5.32 Å². The molecule has 1 aromatic heterocycles. The minimum atomic E-state index is -0.182. The van der Waals surface area contributed by atoms with Gasteiger partial charge in [0.1, 0.15) is 12.3 Å². The monoisotopic (exact) mass is 316 g/mol. The van der Waals surface area contributed by atoms with Crippen LogP contribution in [0.4, 0.5) is 5.69 Å². The summed E-state index contributed by atoms with van der Waals surface area (Å²) in [5.74, 6) is 0.356. The van der Waals surface area contributed by atoms with Gasteiger partial charge in [-0.1, -0.05) is 18.2 Å². The van der Waals surface area contributed by atoms with Gasteiger partial charge in [-0.15, -0.1) is 11.3 Å². The van der Waals surface area contributed by atoms with Gasteiger partial charge < -0.3 is 10.1 Å². The van der Waals surface area contributed by atoms with Crippen LogP contribution in [0.15, 0.2) is 41.8 Å². The Balaban J connectivity index is 1.69. The van der Waals surface area contributed by atoms with Gasteiger partial charge in [-0.05, 0) is 23.6 Å². The Hall–Kier alpha value is -2.34. The van der Waals surface area contributed by atoms with Crippen molar-refractivity contribution in [2.45, 2.75) is 13.0 Å². The number of fused-ring (bicyclic) bond motifs is 1. The van der Waals surface area contributed by atoms with E-state index in [1.165, 1.54) is 4.90 Å². The van der Waals surface area contributed by atoms with Crippen molar-refractivity contribution in [3.05, 3.63) is 46.7 Å². The lowest BCUT2D eigenvalue weighted by atomic mass is 10.2. The second kappa shape index (κ2) is 6.62. The van der Waals surface area contributed by atoms with Crippen LogP contribution in [0.5, 0.6) is 5.75 Å². The predicted octanol–water partition coefficient (Wildman–Crippen LogP) is 2.18. The first-order valence-electron chi connectivity index (χ1n) is 7.05. The van der Waals surface area contributed by atoms with Crippen LogP contribution in [0.1, 0.15) is 11.3 Å². The van der Waals surface area contributed by atoms with E-state index in [1.54, 1.807) is 17.4 Å². The van der Waals surface area contributed by atoms with Gasteiger partial charge in [0.25, 0.3) is 0 Å². The molecule has 1 aliphatic rings. The van der Waals surface area contributed by atoms with E-state index in [-0.39, 0.29) is 24.8 Å². The molecular weight excluding hydrogens is 300 g/mol. The summed E-state index contributed by atoms with van der Waals surface area (Å²) in [6.07, 6.45) is 0.271. The number of para-hydroxylation sites is 2. The summed E-state index contributed by atoms with van der Waals surface area (Å²) in [4.78, 5) is 26.9. The Morgan fingerprint density at radius 3 is 2.95 bits per heavy atom. The Morgan fingerprint density at radius 1 is 1.27 bits per heavy atom. The van der Waals surface area contributed by atoms with E-state index in [9.17, 15) is 9.59 Å². The molecule has 0 atom stereocenters. The molecule has 2 amide bonds. The van der Waals surface area contributed by atoms with E-state index in [1.807, 2.05) is 35.7 Å². The van der Waals surface area contributed by atoms with Crippen molar-refractivity contribution in [2.75, 3.05) is 18.1 Å². The SMILES string of the molecule is O=C(CN1C(=O)CCOc2ccccc21)NCc1cccs1. The molecule has 0 aliphatic carbocycles. The summed E-state index contributed by atoms with van der Waals surface area (Å²) in [6, 6.07) is 11.2. The van der Waals surface area contributed by atoms with Gasteiger partial charge in [-0.3, -0.25) is 14.5 Å². The topological polar surface area (TPSA) is 58.6 Å². The van der Waals surface area contributed by atoms with Crippen molar-refractivity contribution in [3.63, 3.8) is 0 Å². The molecule has 0 saturated heterocycles. The highest BCUT2D eigenvalue weighted by Crippen LogP contribution is 2.30. The summed E-state index contributed by atoms with van der Waals surface area (Å²) in [5, 5.41) is 4.81. The van der Waals surface area contributed by atoms with Gasteiger partial charge in [0.05, 0.1) is 25.3 Å². The Kier molecular flexibility index (Phi) is 4.39. The number of amides is 2. The summed E-state index contributed by atoms with van der Waals surface area (Å²) in [6.45, 7) is 0.824. The maximum atomic E-state index is 12.2. The van der Waals surface area contributed by atoms with Gasteiger partial charge >= 0.3 is 0 Å². The number of nitrogens with zero attached hydrogens (tertiary/aromatic N) is 1. The number of carbonyl (C=O) groups is 2. The molecule has 1 aliphatic heterocycles. The molecule has 1 N–H and O–H groups in total. The van der Waals surface area contributed by atoms with E-state index in [4.69, 9.17) is 4.74 Å². The number of nitrogens with one attached hydrogen (secondary N) is 1. The van der Waals surface area contributed by atoms with Crippen molar-refractivity contribution in [1.29, 1.82) is 0 Å². The zero-order valence-electron chi connectivity index (χ0n) is 12.0. The van der Waals surface area contributed by atoms with Crippen LogP contribution in [-0.2, 0) is 16.1 Å². The number of benzene rings is 1. The highest BCUT2D eigenvalue weighted by molar-refractivity contribution is 7.09. The number of hydrogen-bond donors (Lipinski definition) is 1. The molecule has 0 fully saturated rings. The summed E-state index contributed by atoms with van der Waals surface area (Å²) < 4.78 is 5.56. The van der Waals surface area contributed by atoms with Crippen LogP contribution < -0.4 is 15.0 Å². The fourth-order valence-corrected chi connectivity index (χ4v) is 2.94. The first kappa shape index (κ1) is 14.6. The second-order valence-electron chi connectivity index (χ2n) is 4.90. The maximum Gasteiger partial charge on any atom is 0.240 e. The summed E-state index contributed by atoms with van der Waals surface area (Å²) >= 11 is 1.59. The highest BCUT2D eigenvalue weighted by atomic mass is 32.1. The Morgan fingerprint density at radius 2 is 2.14 bits per heavy atom. The van der Waals surface area contributed by atoms with E-state index < -0.39 is 0 Å². The fourth-order valence-electron chi connectivity index (χ4n) is 2.29. The van der Waals surface area contributed by atoms with Crippen LogP contribution in [0.3, 0.4) is 0 Å². The lowest BCUT2D eigenvalue weighted by Crippen LogP contribution is -2.40. The van der Waals surface area contributed by atoms with E-state index in [2.05, 4.69) is 5.32 Å². The van der Waals surface area contributed by atoms with Crippen LogP contribution in [0.25, 0.3) is 0 Å². The molecule has 6 heteroatoms. The number of anilines is 1. The van der Waals surface area contributed by atoms with Crippen LogP contribution in [-0.4, -0.2) is 25.0 Å². The number of rotatable bonds is 4. The maximum absolute atomic E-state index is 12.2. The molecule has 5 nitrogen and oxygen atoms in total. The Labute approximate surface area is 132 Å². The standard InChI is InChI=1S/C16H16N2O3S/c19-15(17-10-12-4-3-9-22-12)11-18-13-5-1-2-6-14(13)21-8-7-16(18)20/h1-6,9H,7-8,10-11H2,(H,17,19). The first-order chi connectivity index (χ1) is 10.7. The average Bonchev–Trinajstić information content (AvgIpc) is 2.99. The molecule has 0 bridgehead atoms. The highest BCUT2D eigenvalue weighted by Gasteiger charge is 2.24. The molecule has 2 heterocycles. The molecule has 0 radical (unpaired) electrons.